The van der Waals surface area contributed by atoms with E-state index in [1.165, 1.54) is 11.8 Å². The van der Waals surface area contributed by atoms with Crippen molar-refractivity contribution in [3.8, 4) is 11.4 Å². The van der Waals surface area contributed by atoms with Crippen molar-refractivity contribution in [3.63, 3.8) is 0 Å². The van der Waals surface area contributed by atoms with Crippen LogP contribution in [0.4, 0.5) is 0 Å². The molecule has 7 heteroatoms. The summed E-state index contributed by atoms with van der Waals surface area (Å²) < 4.78 is 5.50. The summed E-state index contributed by atoms with van der Waals surface area (Å²) in [6.07, 6.45) is 5.35. The van der Waals surface area contributed by atoms with Crippen molar-refractivity contribution in [2.24, 2.45) is 0 Å². The topological polar surface area (TPSA) is 72.1 Å². The summed E-state index contributed by atoms with van der Waals surface area (Å²) in [5.41, 5.74) is 1.52. The summed E-state index contributed by atoms with van der Waals surface area (Å²) in [4.78, 5) is 23.7. The highest BCUT2D eigenvalue weighted by atomic mass is 32.2. The zero-order valence-corrected chi connectivity index (χ0v) is 15.1. The molecule has 26 heavy (non-hydrogen) atoms. The van der Waals surface area contributed by atoms with E-state index in [1.807, 2.05) is 47.6 Å². The van der Waals surface area contributed by atoms with Gasteiger partial charge in [0.1, 0.15) is 11.1 Å². The second kappa shape index (κ2) is 7.29. The van der Waals surface area contributed by atoms with Crippen LogP contribution in [0.2, 0.25) is 0 Å². The van der Waals surface area contributed by atoms with Crippen LogP contribution in [-0.2, 0) is 0 Å². The molecule has 0 radical (unpaired) electrons. The number of nitrogens with zero attached hydrogens (tertiary/aromatic N) is 4. The molecule has 1 aromatic carbocycles. The van der Waals surface area contributed by atoms with E-state index in [4.69, 9.17) is 4.52 Å². The zero-order valence-electron chi connectivity index (χ0n) is 14.3. The molecular formula is C19H18N4O2S. The summed E-state index contributed by atoms with van der Waals surface area (Å²) in [5.74, 6) is 1.000. The SMILES string of the molecule is CSc1ncccc1C(=O)N1CCC[C@@H]1c1nc(-c2ccccc2)no1. The molecule has 3 heterocycles. The minimum absolute atomic E-state index is 0.0376. The van der Waals surface area contributed by atoms with Gasteiger partial charge >= 0.3 is 0 Å². The average molecular weight is 366 g/mol. The van der Waals surface area contributed by atoms with Gasteiger partial charge in [-0.05, 0) is 31.2 Å². The fraction of sp³-hybridized carbons (Fsp3) is 0.263. The van der Waals surface area contributed by atoms with Gasteiger partial charge in [0.2, 0.25) is 11.7 Å². The number of carbonyl (C=O) groups is 1. The first-order chi connectivity index (χ1) is 12.8. The molecule has 0 unspecified atom stereocenters. The Morgan fingerprint density at radius 3 is 2.88 bits per heavy atom. The number of pyridine rings is 1. The number of amides is 1. The number of benzene rings is 1. The first kappa shape index (κ1) is 16.8. The lowest BCUT2D eigenvalue weighted by Crippen LogP contribution is -2.31. The van der Waals surface area contributed by atoms with Crippen LogP contribution in [0.15, 0.2) is 58.2 Å². The maximum atomic E-state index is 13.1. The van der Waals surface area contributed by atoms with Crippen LogP contribution < -0.4 is 0 Å². The zero-order chi connectivity index (χ0) is 17.9. The third kappa shape index (κ3) is 3.10. The first-order valence-electron chi connectivity index (χ1n) is 8.47. The lowest BCUT2D eigenvalue weighted by molar-refractivity contribution is 0.0705. The van der Waals surface area contributed by atoms with Gasteiger partial charge in [-0.25, -0.2) is 4.98 Å². The molecule has 1 fully saturated rings. The van der Waals surface area contributed by atoms with Crippen molar-refractivity contribution >= 4 is 17.7 Å². The molecule has 1 saturated heterocycles. The number of thioether (sulfide) groups is 1. The van der Waals surface area contributed by atoms with E-state index in [2.05, 4.69) is 15.1 Å². The lowest BCUT2D eigenvalue weighted by Gasteiger charge is -2.22. The number of carbonyl (C=O) groups excluding carboxylic acids is 1. The van der Waals surface area contributed by atoms with E-state index in [1.54, 1.807) is 12.3 Å². The van der Waals surface area contributed by atoms with Crippen molar-refractivity contribution in [2.75, 3.05) is 12.8 Å². The van der Waals surface area contributed by atoms with Crippen LogP contribution in [0, 0.1) is 0 Å². The third-order valence-electron chi connectivity index (χ3n) is 4.47. The third-order valence-corrected chi connectivity index (χ3v) is 5.18. The van der Waals surface area contributed by atoms with E-state index in [-0.39, 0.29) is 11.9 Å². The number of hydrogen-bond donors (Lipinski definition) is 0. The van der Waals surface area contributed by atoms with E-state index >= 15 is 0 Å². The van der Waals surface area contributed by atoms with Gasteiger partial charge in [-0.15, -0.1) is 11.8 Å². The highest BCUT2D eigenvalue weighted by Gasteiger charge is 2.35. The number of aromatic nitrogens is 3. The van der Waals surface area contributed by atoms with Crippen molar-refractivity contribution in [1.82, 2.24) is 20.0 Å². The monoisotopic (exact) mass is 366 g/mol. The fourth-order valence-corrected chi connectivity index (χ4v) is 3.75. The quantitative estimate of drug-likeness (QED) is 0.654. The normalized spacial score (nSPS) is 16.8. The van der Waals surface area contributed by atoms with E-state index in [9.17, 15) is 4.79 Å². The van der Waals surface area contributed by atoms with Crippen LogP contribution >= 0.6 is 11.8 Å². The Hall–Kier alpha value is -2.67. The molecule has 1 atom stereocenters. The number of rotatable bonds is 4. The highest BCUT2D eigenvalue weighted by Crippen LogP contribution is 2.34. The molecule has 0 N–H and O–H groups in total. The second-order valence-corrected chi connectivity index (χ2v) is 6.83. The number of likely N-dealkylation sites (tertiary alicyclic amines) is 1. The summed E-state index contributed by atoms with van der Waals surface area (Å²) in [5, 5.41) is 4.83. The molecule has 132 valence electrons. The molecule has 1 amide bonds. The Bertz CT molecular complexity index is 913. The minimum atomic E-state index is -0.192. The molecule has 0 saturated carbocycles. The Balaban J connectivity index is 1.61. The van der Waals surface area contributed by atoms with E-state index in [0.717, 1.165) is 23.4 Å². The van der Waals surface area contributed by atoms with Crippen LogP contribution in [0.25, 0.3) is 11.4 Å². The van der Waals surface area contributed by atoms with Crippen LogP contribution in [-0.4, -0.2) is 38.7 Å². The van der Waals surface area contributed by atoms with Gasteiger partial charge in [0.25, 0.3) is 5.91 Å². The van der Waals surface area contributed by atoms with Gasteiger partial charge in [0.05, 0.1) is 5.56 Å². The van der Waals surface area contributed by atoms with Crippen LogP contribution in [0.5, 0.6) is 0 Å². The Morgan fingerprint density at radius 2 is 2.08 bits per heavy atom. The largest absolute Gasteiger partial charge is 0.337 e. The molecule has 2 aromatic heterocycles. The van der Waals surface area contributed by atoms with Gasteiger partial charge in [0, 0.05) is 18.3 Å². The van der Waals surface area contributed by atoms with Gasteiger partial charge < -0.3 is 9.42 Å². The summed E-state index contributed by atoms with van der Waals surface area (Å²) in [6.45, 7) is 0.676. The molecule has 1 aliphatic heterocycles. The maximum absolute atomic E-state index is 13.1. The van der Waals surface area contributed by atoms with E-state index < -0.39 is 0 Å². The average Bonchev–Trinajstić information content (AvgIpc) is 3.37. The molecule has 4 rings (SSSR count). The Morgan fingerprint density at radius 1 is 1.23 bits per heavy atom. The van der Waals surface area contributed by atoms with Gasteiger partial charge in [-0.2, -0.15) is 4.98 Å². The fourth-order valence-electron chi connectivity index (χ4n) is 3.21. The molecular weight excluding hydrogens is 348 g/mol. The molecule has 0 bridgehead atoms. The summed E-state index contributed by atoms with van der Waals surface area (Å²) in [6, 6.07) is 13.1. The van der Waals surface area contributed by atoms with Crippen molar-refractivity contribution in [3.05, 3.63) is 60.1 Å². The van der Waals surface area contributed by atoms with Crippen molar-refractivity contribution in [1.29, 1.82) is 0 Å². The lowest BCUT2D eigenvalue weighted by atomic mass is 10.2. The second-order valence-electron chi connectivity index (χ2n) is 6.04. The summed E-state index contributed by atoms with van der Waals surface area (Å²) in [7, 11) is 0. The van der Waals surface area contributed by atoms with E-state index in [0.29, 0.717) is 23.8 Å². The van der Waals surface area contributed by atoms with Crippen molar-refractivity contribution in [2.45, 2.75) is 23.9 Å². The standard InChI is InChI=1S/C19H18N4O2S/c1-26-18-14(9-5-11-20-18)19(24)23-12-6-10-15(23)17-21-16(22-25-17)13-7-3-2-4-8-13/h2-5,7-9,11,15H,6,10,12H2,1H3/t15-/m1/s1. The van der Waals surface area contributed by atoms with Gasteiger partial charge in [0.15, 0.2) is 0 Å². The molecule has 1 aliphatic rings. The molecule has 0 aliphatic carbocycles. The molecule has 0 spiro atoms. The van der Waals surface area contributed by atoms with Crippen LogP contribution in [0.3, 0.4) is 0 Å². The van der Waals surface area contributed by atoms with Crippen LogP contribution in [0.1, 0.15) is 35.1 Å². The molecule has 6 nitrogen and oxygen atoms in total. The summed E-state index contributed by atoms with van der Waals surface area (Å²) >= 11 is 1.47. The van der Waals surface area contributed by atoms with Crippen molar-refractivity contribution < 1.29 is 9.32 Å². The first-order valence-corrected chi connectivity index (χ1v) is 9.69. The Labute approximate surface area is 155 Å². The predicted molar refractivity (Wildman–Crippen MR) is 98.8 cm³/mol. The smallest absolute Gasteiger partial charge is 0.257 e. The molecule has 3 aromatic rings. The number of hydrogen-bond acceptors (Lipinski definition) is 6. The van der Waals surface area contributed by atoms with Gasteiger partial charge in [-0.1, -0.05) is 35.5 Å². The predicted octanol–water partition coefficient (Wildman–Crippen LogP) is 3.83. The highest BCUT2D eigenvalue weighted by molar-refractivity contribution is 7.98. The minimum Gasteiger partial charge on any atom is -0.337 e. The Kier molecular flexibility index (Phi) is 4.71. The maximum Gasteiger partial charge on any atom is 0.257 e. The van der Waals surface area contributed by atoms with Gasteiger partial charge in [-0.3, -0.25) is 4.79 Å².